The number of carbonyl (C=O) groups is 2. The van der Waals surface area contributed by atoms with E-state index >= 15 is 8.78 Å². The first kappa shape index (κ1) is 35.1. The van der Waals surface area contributed by atoms with Crippen LogP contribution in [0, 0.1) is 28.9 Å². The van der Waals surface area contributed by atoms with Crippen LogP contribution in [0.2, 0.25) is 5.02 Å². The molecular formula is C39H38ClF3N8O3S. The Morgan fingerprint density at radius 3 is 2.60 bits per heavy atom. The molecule has 0 radical (unpaired) electrons. The third-order valence-electron chi connectivity index (χ3n) is 12.9. The molecule has 6 aliphatic rings. The molecular weight excluding hydrogens is 753 g/mol. The molecule has 6 fully saturated rings. The molecule has 55 heavy (non-hydrogen) atoms. The van der Waals surface area contributed by atoms with Gasteiger partial charge in [0.1, 0.15) is 47.0 Å². The lowest BCUT2D eigenvalue weighted by molar-refractivity contribution is -0.137. The highest BCUT2D eigenvalue weighted by atomic mass is 35.5. The standard InChI is InChI=1S/C39H38ClF3N8O3S/c1-18(52)50-32(19-3-4-19)33(50)37(53)51-21-5-6-22(51)16-48(15-21)36-24-11-26(40)29(23-7-8-27(42)34-28(23)25(13-44)35(45)55-34)30(43)31(24)46-38(47-36)54-17-39-9-2-10-49(39)14-20(41)12-39/h7-8,11,19-22,32-33H,2-6,9-10,12,14-17,45H2,1H3/t20-,21-,22+,32-,33-,39+,50?/m1/s1. The highest BCUT2D eigenvalue weighted by Gasteiger charge is 2.63. The molecule has 1 aliphatic carbocycles. The first-order valence-electron chi connectivity index (χ1n) is 19.0. The van der Waals surface area contributed by atoms with Crippen molar-refractivity contribution in [1.29, 1.82) is 5.26 Å². The first-order valence-corrected chi connectivity index (χ1v) is 20.2. The van der Waals surface area contributed by atoms with E-state index in [2.05, 4.69) is 9.88 Å². The first-order chi connectivity index (χ1) is 26.5. The monoisotopic (exact) mass is 790 g/mol. The Morgan fingerprint density at radius 2 is 1.89 bits per heavy atom. The number of nitrogen functional groups attached to an aromatic ring is 1. The average Bonchev–Trinajstić information content (AvgIpc) is 4.00. The molecule has 5 saturated heterocycles. The van der Waals surface area contributed by atoms with Crippen molar-refractivity contribution in [2.75, 3.05) is 43.4 Å². The molecule has 1 saturated carbocycles. The van der Waals surface area contributed by atoms with Crippen LogP contribution < -0.4 is 15.4 Å². The molecule has 6 atom stereocenters. The predicted octanol–water partition coefficient (Wildman–Crippen LogP) is 6.04. The van der Waals surface area contributed by atoms with Crippen LogP contribution in [-0.2, 0) is 9.59 Å². The number of anilines is 2. The fraction of sp³-hybridized carbons (Fsp3) is 0.513. The van der Waals surface area contributed by atoms with E-state index in [1.807, 2.05) is 15.9 Å². The molecule has 286 valence electrons. The van der Waals surface area contributed by atoms with Crippen LogP contribution >= 0.6 is 22.9 Å². The number of rotatable bonds is 7. The predicted molar refractivity (Wildman–Crippen MR) is 202 cm³/mol. The Kier molecular flexibility index (Phi) is 8.00. The van der Waals surface area contributed by atoms with Crippen LogP contribution in [0.5, 0.6) is 6.01 Å². The zero-order valence-electron chi connectivity index (χ0n) is 30.0. The molecule has 10 rings (SSSR count). The van der Waals surface area contributed by atoms with E-state index < -0.39 is 29.4 Å². The van der Waals surface area contributed by atoms with Crippen LogP contribution in [0.3, 0.4) is 0 Å². The van der Waals surface area contributed by atoms with Gasteiger partial charge < -0.3 is 25.2 Å². The smallest absolute Gasteiger partial charge is 0.319 e. The van der Waals surface area contributed by atoms with E-state index in [0.29, 0.717) is 43.2 Å². The van der Waals surface area contributed by atoms with Crippen molar-refractivity contribution in [3.63, 3.8) is 0 Å². The molecule has 2 bridgehead atoms. The third kappa shape index (κ3) is 5.38. The summed E-state index contributed by atoms with van der Waals surface area (Å²) in [4.78, 5) is 43.8. The van der Waals surface area contributed by atoms with Gasteiger partial charge in [0.05, 0.1) is 26.9 Å². The molecule has 2 amide bonds. The van der Waals surface area contributed by atoms with Crippen molar-refractivity contribution in [3.05, 3.63) is 40.4 Å². The van der Waals surface area contributed by atoms with Crippen molar-refractivity contribution in [1.82, 2.24) is 24.7 Å². The Balaban J connectivity index is 1.05. The second kappa shape index (κ2) is 12.6. The summed E-state index contributed by atoms with van der Waals surface area (Å²) in [5.41, 5.74) is 5.68. The minimum Gasteiger partial charge on any atom is -0.461 e. The number of amides is 2. The van der Waals surface area contributed by atoms with Gasteiger partial charge in [-0.1, -0.05) is 17.7 Å². The number of ether oxygens (including phenoxy) is 1. The summed E-state index contributed by atoms with van der Waals surface area (Å²) in [6.45, 7) is 3.58. The maximum Gasteiger partial charge on any atom is 0.319 e. The molecule has 11 nitrogen and oxygen atoms in total. The molecule has 7 heterocycles. The number of hydrogen-bond donors (Lipinski definition) is 1. The lowest BCUT2D eigenvalue weighted by Gasteiger charge is -2.42. The number of carbonyl (C=O) groups excluding carboxylic acids is 2. The molecule has 2 aromatic carbocycles. The lowest BCUT2D eigenvalue weighted by Crippen LogP contribution is -2.57. The van der Waals surface area contributed by atoms with Gasteiger partial charge >= 0.3 is 6.01 Å². The SMILES string of the molecule is CC(=O)N1[C@H](C2CC2)[C@@H]1C(=O)N1[C@@H]2CC[C@H]1CN(c1nc(OC[C@@]34CCCN3C[C@H](F)C4)nc3c(F)c(-c4ccc(F)c5sc(N)c(C#N)c45)c(Cl)cc13)C2. The maximum absolute atomic E-state index is 17.3. The number of hydrogen-bond acceptors (Lipinski definition) is 10. The van der Waals surface area contributed by atoms with Gasteiger partial charge in [-0.3, -0.25) is 14.5 Å². The van der Waals surface area contributed by atoms with Crippen LogP contribution in [0.1, 0.15) is 57.4 Å². The number of nitrogens with two attached hydrogens (primary N) is 1. The van der Waals surface area contributed by atoms with Crippen molar-refractivity contribution >= 4 is 66.6 Å². The van der Waals surface area contributed by atoms with Crippen LogP contribution in [0.4, 0.5) is 24.0 Å². The highest BCUT2D eigenvalue weighted by molar-refractivity contribution is 7.23. The van der Waals surface area contributed by atoms with Crippen molar-refractivity contribution in [3.8, 4) is 23.2 Å². The second-order valence-electron chi connectivity index (χ2n) is 16.1. The van der Waals surface area contributed by atoms with E-state index in [1.54, 1.807) is 11.0 Å². The molecule has 16 heteroatoms. The number of thiophene rings is 1. The van der Waals surface area contributed by atoms with Gasteiger partial charge in [-0.2, -0.15) is 15.2 Å². The quantitative estimate of drug-likeness (QED) is 0.223. The maximum atomic E-state index is 17.3. The molecule has 0 spiro atoms. The molecule has 2 N–H and O–H groups in total. The highest BCUT2D eigenvalue weighted by Crippen LogP contribution is 2.50. The van der Waals surface area contributed by atoms with E-state index in [9.17, 15) is 19.2 Å². The summed E-state index contributed by atoms with van der Waals surface area (Å²) >= 11 is 7.85. The van der Waals surface area contributed by atoms with Gasteiger partial charge in [0.2, 0.25) is 11.8 Å². The van der Waals surface area contributed by atoms with Crippen molar-refractivity contribution < 1.29 is 27.5 Å². The largest absolute Gasteiger partial charge is 0.461 e. The summed E-state index contributed by atoms with van der Waals surface area (Å²) in [6.07, 6.45) is 4.65. The number of benzene rings is 2. The average molecular weight is 791 g/mol. The zero-order valence-corrected chi connectivity index (χ0v) is 31.6. The number of nitriles is 1. The topological polar surface area (TPSA) is 132 Å². The number of alkyl halides is 1. The summed E-state index contributed by atoms with van der Waals surface area (Å²) in [5.74, 6) is -0.702. The minimum absolute atomic E-state index is 0.00549. The number of fused-ring (bicyclic) bond motifs is 5. The van der Waals surface area contributed by atoms with Gasteiger partial charge in [-0.05, 0) is 68.7 Å². The van der Waals surface area contributed by atoms with Gasteiger partial charge in [0.25, 0.3) is 0 Å². The van der Waals surface area contributed by atoms with E-state index in [1.165, 1.54) is 19.1 Å². The number of nitrogens with zero attached hydrogens (tertiary/aromatic N) is 7. The fourth-order valence-electron chi connectivity index (χ4n) is 10.3. The Hall–Kier alpha value is -4.39. The fourth-order valence-corrected chi connectivity index (χ4v) is 11.5. The molecule has 5 aliphatic heterocycles. The molecule has 2 aromatic heterocycles. The van der Waals surface area contributed by atoms with Crippen molar-refractivity contribution in [2.45, 2.75) is 87.7 Å². The van der Waals surface area contributed by atoms with Gasteiger partial charge in [0.15, 0.2) is 5.82 Å². The normalized spacial score (nSPS) is 28.7. The van der Waals surface area contributed by atoms with Gasteiger partial charge in [-0.15, -0.1) is 11.3 Å². The van der Waals surface area contributed by atoms with Crippen LogP contribution in [0.15, 0.2) is 18.2 Å². The Labute approximate surface area is 323 Å². The zero-order chi connectivity index (χ0) is 38.1. The van der Waals surface area contributed by atoms with Gasteiger partial charge in [-0.25, -0.2) is 13.2 Å². The second-order valence-corrected chi connectivity index (χ2v) is 17.6. The van der Waals surface area contributed by atoms with Gasteiger partial charge in [0, 0.05) is 61.4 Å². The number of aromatic nitrogens is 2. The third-order valence-corrected chi connectivity index (χ3v) is 14.2. The number of piperazine rings is 1. The summed E-state index contributed by atoms with van der Waals surface area (Å²) in [6, 6.07) is 5.38. The minimum atomic E-state index is -0.969. The van der Waals surface area contributed by atoms with Crippen molar-refractivity contribution in [2.24, 2.45) is 5.92 Å². The van der Waals surface area contributed by atoms with E-state index in [4.69, 9.17) is 27.1 Å². The summed E-state index contributed by atoms with van der Waals surface area (Å²) < 4.78 is 53.4. The summed E-state index contributed by atoms with van der Waals surface area (Å²) in [5, 5.41) is 10.6. The Morgan fingerprint density at radius 1 is 1.13 bits per heavy atom. The molecule has 0 unspecified atom stereocenters. The summed E-state index contributed by atoms with van der Waals surface area (Å²) in [7, 11) is 0. The lowest BCUT2D eigenvalue weighted by atomic mass is 9.95. The van der Waals surface area contributed by atoms with Crippen LogP contribution in [0.25, 0.3) is 32.1 Å². The van der Waals surface area contributed by atoms with Crippen LogP contribution in [-0.4, -0.2) is 105 Å². The Bertz CT molecular complexity index is 2360. The van der Waals surface area contributed by atoms with E-state index in [0.717, 1.165) is 56.4 Å². The van der Waals surface area contributed by atoms with E-state index in [-0.39, 0.29) is 84.9 Å². The number of halogens is 4. The molecule has 4 aromatic rings.